The van der Waals surface area contributed by atoms with Crippen molar-refractivity contribution in [2.75, 3.05) is 23.7 Å². The number of nitrogens with zero attached hydrogens (tertiary/aromatic N) is 1. The number of hydrogen-bond donors (Lipinski definition) is 2. The van der Waals surface area contributed by atoms with Gasteiger partial charge in [0.15, 0.2) is 11.5 Å². The summed E-state index contributed by atoms with van der Waals surface area (Å²) in [6.45, 7) is 4.56. The van der Waals surface area contributed by atoms with Crippen LogP contribution in [-0.2, 0) is 0 Å². The molecule has 1 rings (SSSR count). The molecule has 88 valence electrons. The third-order valence-corrected chi connectivity index (χ3v) is 2.04. The van der Waals surface area contributed by atoms with Crippen molar-refractivity contribution in [3.05, 3.63) is 28.1 Å². The summed E-state index contributed by atoms with van der Waals surface area (Å²) in [5, 5.41) is 16.2. The zero-order valence-corrected chi connectivity index (χ0v) is 9.21. The minimum atomic E-state index is -0.613. The lowest BCUT2D eigenvalue weighted by Crippen LogP contribution is -2.07. The van der Waals surface area contributed by atoms with Crippen LogP contribution in [0.25, 0.3) is 0 Å². The van der Waals surface area contributed by atoms with Gasteiger partial charge in [0.25, 0.3) is 5.69 Å². The van der Waals surface area contributed by atoms with Gasteiger partial charge < -0.3 is 10.6 Å². The molecule has 5 nitrogen and oxygen atoms in total. The van der Waals surface area contributed by atoms with Gasteiger partial charge in [-0.1, -0.05) is 0 Å². The first kappa shape index (κ1) is 12.2. The van der Waals surface area contributed by atoms with E-state index in [1.54, 1.807) is 6.92 Å². The van der Waals surface area contributed by atoms with Gasteiger partial charge in [0.2, 0.25) is 0 Å². The van der Waals surface area contributed by atoms with Crippen LogP contribution in [0.4, 0.5) is 21.5 Å². The molecule has 0 aliphatic rings. The van der Waals surface area contributed by atoms with E-state index in [9.17, 15) is 14.5 Å². The zero-order chi connectivity index (χ0) is 12.1. The predicted molar refractivity (Wildman–Crippen MR) is 61.4 cm³/mol. The number of benzene rings is 1. The van der Waals surface area contributed by atoms with Gasteiger partial charge >= 0.3 is 0 Å². The molecule has 0 heterocycles. The lowest BCUT2D eigenvalue weighted by atomic mass is 10.2. The van der Waals surface area contributed by atoms with E-state index in [0.717, 1.165) is 0 Å². The fourth-order valence-corrected chi connectivity index (χ4v) is 1.39. The first-order valence-electron chi connectivity index (χ1n) is 5.06. The van der Waals surface area contributed by atoms with Crippen LogP contribution in [0, 0.1) is 15.9 Å². The molecule has 0 radical (unpaired) electrons. The van der Waals surface area contributed by atoms with E-state index in [1.807, 2.05) is 6.92 Å². The maximum Gasteiger partial charge on any atom is 0.295 e. The maximum absolute atomic E-state index is 13.8. The molecule has 0 bridgehead atoms. The number of nitrogens with one attached hydrogen (secondary N) is 2. The third kappa shape index (κ3) is 2.39. The molecule has 0 aliphatic heterocycles. The highest BCUT2D eigenvalue weighted by molar-refractivity contribution is 5.69. The Labute approximate surface area is 92.8 Å². The van der Waals surface area contributed by atoms with E-state index in [2.05, 4.69) is 10.6 Å². The second-order valence-corrected chi connectivity index (χ2v) is 3.14. The van der Waals surface area contributed by atoms with Crippen molar-refractivity contribution >= 4 is 17.1 Å². The lowest BCUT2D eigenvalue weighted by Gasteiger charge is -2.10. The molecular weight excluding hydrogens is 213 g/mol. The second kappa shape index (κ2) is 5.29. The van der Waals surface area contributed by atoms with Gasteiger partial charge in [0, 0.05) is 19.2 Å². The molecular formula is C10H14FN3O2. The van der Waals surface area contributed by atoms with Gasteiger partial charge in [0.05, 0.1) is 10.6 Å². The summed E-state index contributed by atoms with van der Waals surface area (Å²) in [4.78, 5) is 10.1. The molecule has 0 aliphatic carbocycles. The molecule has 0 aromatic heterocycles. The van der Waals surface area contributed by atoms with Crippen molar-refractivity contribution in [1.29, 1.82) is 0 Å². The molecule has 0 saturated heterocycles. The van der Waals surface area contributed by atoms with Crippen molar-refractivity contribution in [2.45, 2.75) is 13.8 Å². The third-order valence-electron chi connectivity index (χ3n) is 2.04. The minimum absolute atomic E-state index is 0.0639. The highest BCUT2D eigenvalue weighted by atomic mass is 19.1. The quantitative estimate of drug-likeness (QED) is 0.599. The number of nitro groups is 1. The van der Waals surface area contributed by atoms with Crippen molar-refractivity contribution in [1.82, 2.24) is 0 Å². The van der Waals surface area contributed by atoms with E-state index in [-0.39, 0.29) is 17.1 Å². The summed E-state index contributed by atoms with van der Waals surface area (Å²) in [6.07, 6.45) is 0. The highest BCUT2D eigenvalue weighted by Gasteiger charge is 2.20. The fraction of sp³-hybridized carbons (Fsp3) is 0.400. The van der Waals surface area contributed by atoms with Gasteiger partial charge in [-0.2, -0.15) is 0 Å². The van der Waals surface area contributed by atoms with E-state index in [0.29, 0.717) is 13.1 Å². The molecule has 0 unspecified atom stereocenters. The van der Waals surface area contributed by atoms with Crippen LogP contribution in [0.15, 0.2) is 12.1 Å². The Bertz CT molecular complexity index is 396. The molecule has 0 amide bonds. The molecule has 0 saturated carbocycles. The Morgan fingerprint density at radius 1 is 1.31 bits per heavy atom. The molecule has 6 heteroatoms. The SMILES string of the molecule is CCNc1ccc([N+](=O)[O-])c(NCC)c1F. The second-order valence-electron chi connectivity index (χ2n) is 3.14. The van der Waals surface area contributed by atoms with E-state index in [1.165, 1.54) is 12.1 Å². The molecule has 1 aromatic carbocycles. The number of rotatable bonds is 5. The Morgan fingerprint density at radius 3 is 2.44 bits per heavy atom. The Balaban J connectivity index is 3.23. The van der Waals surface area contributed by atoms with Crippen LogP contribution >= 0.6 is 0 Å². The Morgan fingerprint density at radius 2 is 1.94 bits per heavy atom. The van der Waals surface area contributed by atoms with Gasteiger partial charge in [0.1, 0.15) is 0 Å². The van der Waals surface area contributed by atoms with Gasteiger partial charge in [-0.05, 0) is 19.9 Å². The fourth-order valence-electron chi connectivity index (χ4n) is 1.39. The van der Waals surface area contributed by atoms with E-state index >= 15 is 0 Å². The minimum Gasteiger partial charge on any atom is -0.383 e. The normalized spacial score (nSPS) is 9.94. The molecule has 0 spiro atoms. The summed E-state index contributed by atoms with van der Waals surface area (Å²) in [7, 11) is 0. The number of anilines is 2. The highest BCUT2D eigenvalue weighted by Crippen LogP contribution is 2.32. The van der Waals surface area contributed by atoms with Gasteiger partial charge in [-0.25, -0.2) is 4.39 Å². The average molecular weight is 227 g/mol. The van der Waals surface area contributed by atoms with E-state index < -0.39 is 10.7 Å². The summed E-state index contributed by atoms with van der Waals surface area (Å²) in [6, 6.07) is 2.66. The Kier molecular flexibility index (Phi) is 4.04. The van der Waals surface area contributed by atoms with Crippen LogP contribution in [0.2, 0.25) is 0 Å². The first-order valence-corrected chi connectivity index (χ1v) is 5.06. The van der Waals surface area contributed by atoms with Crippen molar-refractivity contribution in [2.24, 2.45) is 0 Å². The van der Waals surface area contributed by atoms with Gasteiger partial charge in [-0.15, -0.1) is 0 Å². The van der Waals surface area contributed by atoms with Gasteiger partial charge in [-0.3, -0.25) is 10.1 Å². The van der Waals surface area contributed by atoms with E-state index in [4.69, 9.17) is 0 Å². The van der Waals surface area contributed by atoms with Crippen molar-refractivity contribution in [3.63, 3.8) is 0 Å². The number of nitro benzene ring substituents is 1. The van der Waals surface area contributed by atoms with Crippen LogP contribution < -0.4 is 10.6 Å². The maximum atomic E-state index is 13.8. The van der Waals surface area contributed by atoms with Crippen molar-refractivity contribution in [3.8, 4) is 0 Å². The summed E-state index contributed by atoms with van der Waals surface area (Å²) >= 11 is 0. The summed E-state index contributed by atoms with van der Waals surface area (Å²) < 4.78 is 13.8. The smallest absolute Gasteiger partial charge is 0.295 e. The van der Waals surface area contributed by atoms with Crippen LogP contribution in [0.3, 0.4) is 0 Å². The molecule has 1 aromatic rings. The number of halogens is 1. The topological polar surface area (TPSA) is 67.2 Å². The molecule has 2 N–H and O–H groups in total. The Hall–Kier alpha value is -1.85. The van der Waals surface area contributed by atoms with Crippen LogP contribution in [0.5, 0.6) is 0 Å². The summed E-state index contributed by atoms with van der Waals surface area (Å²) in [5.41, 5.74) is -0.0454. The lowest BCUT2D eigenvalue weighted by molar-refractivity contribution is -0.384. The van der Waals surface area contributed by atoms with Crippen LogP contribution in [0.1, 0.15) is 13.8 Å². The van der Waals surface area contributed by atoms with Crippen LogP contribution in [-0.4, -0.2) is 18.0 Å². The standard InChI is InChI=1S/C10H14FN3O2/c1-3-12-7-5-6-8(14(15)16)10(9(7)11)13-4-2/h5-6,12-13H,3-4H2,1-2H3. The predicted octanol–water partition coefficient (Wildman–Crippen LogP) is 2.60. The average Bonchev–Trinajstić information content (AvgIpc) is 2.24. The number of hydrogen-bond acceptors (Lipinski definition) is 4. The van der Waals surface area contributed by atoms with Crippen molar-refractivity contribution < 1.29 is 9.31 Å². The molecule has 0 atom stereocenters. The zero-order valence-electron chi connectivity index (χ0n) is 9.21. The molecule has 0 fully saturated rings. The monoisotopic (exact) mass is 227 g/mol. The largest absolute Gasteiger partial charge is 0.383 e. The molecule has 16 heavy (non-hydrogen) atoms. The summed E-state index contributed by atoms with van der Waals surface area (Å²) in [5.74, 6) is -0.613. The first-order chi connectivity index (χ1) is 7.61.